The Morgan fingerprint density at radius 3 is 2.63 bits per heavy atom. The van der Waals surface area contributed by atoms with E-state index in [4.69, 9.17) is 24.3 Å². The van der Waals surface area contributed by atoms with Crippen molar-refractivity contribution in [3.05, 3.63) is 57.7 Å². The van der Waals surface area contributed by atoms with Crippen LogP contribution in [-0.4, -0.2) is 46.7 Å². The van der Waals surface area contributed by atoms with E-state index in [1.807, 2.05) is 45.0 Å². The molecule has 1 aromatic heterocycles. The van der Waals surface area contributed by atoms with Gasteiger partial charge in [-0.05, 0) is 73.0 Å². The van der Waals surface area contributed by atoms with Gasteiger partial charge in [-0.3, -0.25) is 4.79 Å². The molecule has 11 heteroatoms. The van der Waals surface area contributed by atoms with Crippen LogP contribution in [0, 0.1) is 0 Å². The molecule has 2 N–H and O–H groups in total. The van der Waals surface area contributed by atoms with Crippen LogP contribution in [0.4, 0.5) is 11.6 Å². The standard InChI is InChI=1S/C27H32BrN5O4S/c1-6-13-38-27-31-26-29-16(4)22(25(34)30-19-11-9-10-12-20(19)35-5)23(33(26)32-27)17-14-18(28)24(37-8-3)21(15-17)36-7-2/h9-12,14-15,23H,6-8,13H2,1-5H3,(H,30,34)(H,29,31,32). The van der Waals surface area contributed by atoms with Gasteiger partial charge in [0, 0.05) is 11.4 Å². The van der Waals surface area contributed by atoms with Gasteiger partial charge in [0.2, 0.25) is 11.1 Å². The van der Waals surface area contributed by atoms with Crippen molar-refractivity contribution in [1.82, 2.24) is 14.8 Å². The molecule has 1 aliphatic heterocycles. The van der Waals surface area contributed by atoms with Crippen molar-refractivity contribution in [1.29, 1.82) is 0 Å². The van der Waals surface area contributed by atoms with Gasteiger partial charge in [0.1, 0.15) is 11.8 Å². The first-order chi connectivity index (χ1) is 18.4. The quantitative estimate of drug-likeness (QED) is 0.248. The van der Waals surface area contributed by atoms with E-state index >= 15 is 0 Å². The molecule has 4 rings (SSSR count). The van der Waals surface area contributed by atoms with Crippen LogP contribution in [0.25, 0.3) is 0 Å². The van der Waals surface area contributed by atoms with E-state index in [2.05, 4.69) is 33.5 Å². The lowest BCUT2D eigenvalue weighted by atomic mass is 9.94. The Labute approximate surface area is 235 Å². The van der Waals surface area contributed by atoms with Crippen molar-refractivity contribution < 1.29 is 19.0 Å². The first kappa shape index (κ1) is 27.8. The van der Waals surface area contributed by atoms with Crippen LogP contribution in [0.2, 0.25) is 0 Å². The number of aromatic nitrogens is 3. The molecule has 202 valence electrons. The Morgan fingerprint density at radius 1 is 1.16 bits per heavy atom. The second-order valence-corrected chi connectivity index (χ2v) is 10.3. The third-order valence-electron chi connectivity index (χ3n) is 5.80. The largest absolute Gasteiger partial charge is 0.495 e. The summed E-state index contributed by atoms with van der Waals surface area (Å²) in [6, 6.07) is 10.6. The number of amides is 1. The first-order valence-electron chi connectivity index (χ1n) is 12.5. The Bertz CT molecular complexity index is 1340. The predicted molar refractivity (Wildman–Crippen MR) is 154 cm³/mol. The van der Waals surface area contributed by atoms with Gasteiger partial charge < -0.3 is 24.8 Å². The number of hydrogen-bond donors (Lipinski definition) is 2. The second kappa shape index (κ2) is 12.6. The molecule has 0 bridgehead atoms. The van der Waals surface area contributed by atoms with E-state index in [1.165, 1.54) is 0 Å². The molecule has 2 aromatic carbocycles. The van der Waals surface area contributed by atoms with Crippen molar-refractivity contribution in [2.24, 2.45) is 0 Å². The van der Waals surface area contributed by atoms with Gasteiger partial charge in [-0.1, -0.05) is 30.8 Å². The minimum atomic E-state index is -0.574. The topological polar surface area (TPSA) is 99.5 Å². The predicted octanol–water partition coefficient (Wildman–Crippen LogP) is 6.28. The lowest BCUT2D eigenvalue weighted by Crippen LogP contribution is -2.31. The van der Waals surface area contributed by atoms with E-state index in [0.717, 1.165) is 22.2 Å². The number of hydrogen-bond acceptors (Lipinski definition) is 8. The minimum absolute atomic E-state index is 0.281. The van der Waals surface area contributed by atoms with Gasteiger partial charge >= 0.3 is 0 Å². The number of methoxy groups -OCH3 is 1. The fourth-order valence-corrected chi connectivity index (χ4v) is 5.48. The van der Waals surface area contributed by atoms with Crippen LogP contribution in [0.3, 0.4) is 0 Å². The smallest absolute Gasteiger partial charge is 0.255 e. The number of carbonyl (C=O) groups is 1. The Hall–Kier alpha value is -3.18. The fraction of sp³-hybridized carbons (Fsp3) is 0.370. The van der Waals surface area contributed by atoms with E-state index in [-0.39, 0.29) is 5.91 Å². The summed E-state index contributed by atoms with van der Waals surface area (Å²) in [5.74, 6) is 2.96. The molecular weight excluding hydrogens is 570 g/mol. The van der Waals surface area contributed by atoms with Crippen molar-refractivity contribution in [2.75, 3.05) is 36.7 Å². The highest BCUT2D eigenvalue weighted by molar-refractivity contribution is 9.10. The summed E-state index contributed by atoms with van der Waals surface area (Å²) >= 11 is 5.24. The van der Waals surface area contributed by atoms with Crippen LogP contribution in [0.5, 0.6) is 17.2 Å². The lowest BCUT2D eigenvalue weighted by Gasteiger charge is -2.29. The molecule has 0 saturated carbocycles. The summed E-state index contributed by atoms with van der Waals surface area (Å²) < 4.78 is 19.7. The summed E-state index contributed by atoms with van der Waals surface area (Å²) in [7, 11) is 1.57. The number of nitrogens with one attached hydrogen (secondary N) is 2. The Morgan fingerprint density at radius 2 is 1.92 bits per heavy atom. The average Bonchev–Trinajstić information content (AvgIpc) is 3.31. The highest BCUT2D eigenvalue weighted by Gasteiger charge is 2.35. The number of para-hydroxylation sites is 2. The van der Waals surface area contributed by atoms with Crippen LogP contribution >= 0.6 is 27.7 Å². The van der Waals surface area contributed by atoms with Crippen molar-refractivity contribution in [3.8, 4) is 17.2 Å². The number of thioether (sulfide) groups is 1. The number of allylic oxidation sites excluding steroid dienone is 1. The maximum atomic E-state index is 13.9. The number of benzene rings is 2. The molecule has 0 spiro atoms. The number of halogens is 1. The van der Waals surface area contributed by atoms with Crippen molar-refractivity contribution in [2.45, 2.75) is 45.3 Å². The number of carbonyl (C=O) groups excluding carboxylic acids is 1. The van der Waals surface area contributed by atoms with Gasteiger partial charge in [0.05, 0.1) is 36.1 Å². The van der Waals surface area contributed by atoms with Crippen LogP contribution < -0.4 is 24.8 Å². The third kappa shape index (κ3) is 5.78. The van der Waals surface area contributed by atoms with E-state index < -0.39 is 6.04 Å². The van der Waals surface area contributed by atoms with E-state index in [0.29, 0.717) is 58.5 Å². The Kier molecular flexibility index (Phi) is 9.22. The molecule has 2 heterocycles. The molecule has 3 aromatic rings. The molecule has 0 fully saturated rings. The number of anilines is 2. The molecule has 0 radical (unpaired) electrons. The van der Waals surface area contributed by atoms with Crippen molar-refractivity contribution in [3.63, 3.8) is 0 Å². The van der Waals surface area contributed by atoms with Gasteiger partial charge in [-0.2, -0.15) is 4.98 Å². The fourth-order valence-electron chi connectivity index (χ4n) is 4.22. The average molecular weight is 603 g/mol. The maximum Gasteiger partial charge on any atom is 0.255 e. The summed E-state index contributed by atoms with van der Waals surface area (Å²) in [6.07, 6.45) is 0.999. The molecule has 1 amide bonds. The number of fused-ring (bicyclic) bond motifs is 1. The number of rotatable bonds is 11. The Balaban J connectivity index is 1.84. The summed E-state index contributed by atoms with van der Waals surface area (Å²) in [4.78, 5) is 18.6. The summed E-state index contributed by atoms with van der Waals surface area (Å²) in [5, 5.41) is 11.8. The molecule has 9 nitrogen and oxygen atoms in total. The second-order valence-electron chi connectivity index (χ2n) is 8.43. The molecule has 0 aliphatic carbocycles. The SMILES string of the molecule is CCCSc1nc2n(n1)C(c1cc(Br)c(OCC)c(OCC)c1)C(C(=O)Nc1ccccc1OC)=C(C)N2. The summed E-state index contributed by atoms with van der Waals surface area (Å²) in [5.41, 5.74) is 2.55. The molecule has 38 heavy (non-hydrogen) atoms. The van der Waals surface area contributed by atoms with Gasteiger partial charge in [-0.15, -0.1) is 5.10 Å². The van der Waals surface area contributed by atoms with Crippen LogP contribution in [0.1, 0.15) is 45.7 Å². The maximum absolute atomic E-state index is 13.9. The molecule has 1 aliphatic rings. The zero-order chi connectivity index (χ0) is 27.2. The minimum Gasteiger partial charge on any atom is -0.495 e. The zero-order valence-electron chi connectivity index (χ0n) is 22.1. The summed E-state index contributed by atoms with van der Waals surface area (Å²) in [6.45, 7) is 8.78. The molecular formula is C27H32BrN5O4S. The zero-order valence-corrected chi connectivity index (χ0v) is 24.5. The number of nitrogens with zero attached hydrogens (tertiary/aromatic N) is 3. The van der Waals surface area contributed by atoms with Gasteiger partial charge in [0.25, 0.3) is 5.91 Å². The third-order valence-corrected chi connectivity index (χ3v) is 7.44. The highest BCUT2D eigenvalue weighted by Crippen LogP contribution is 2.43. The normalized spacial score (nSPS) is 14.5. The first-order valence-corrected chi connectivity index (χ1v) is 14.3. The van der Waals surface area contributed by atoms with Crippen LogP contribution in [-0.2, 0) is 4.79 Å². The highest BCUT2D eigenvalue weighted by atomic mass is 79.9. The lowest BCUT2D eigenvalue weighted by molar-refractivity contribution is -0.113. The van der Waals surface area contributed by atoms with Gasteiger partial charge in [0.15, 0.2) is 11.5 Å². The van der Waals surface area contributed by atoms with Crippen LogP contribution in [0.15, 0.2) is 57.3 Å². The number of ether oxygens (including phenoxy) is 3. The van der Waals surface area contributed by atoms with Gasteiger partial charge in [-0.25, -0.2) is 4.68 Å². The molecule has 0 saturated heterocycles. The van der Waals surface area contributed by atoms with E-state index in [1.54, 1.807) is 35.7 Å². The van der Waals surface area contributed by atoms with Crippen molar-refractivity contribution >= 4 is 45.2 Å². The molecule has 1 unspecified atom stereocenters. The monoisotopic (exact) mass is 601 g/mol. The molecule has 1 atom stereocenters. The van der Waals surface area contributed by atoms with E-state index in [9.17, 15) is 4.79 Å².